The lowest BCUT2D eigenvalue weighted by Crippen LogP contribution is -2.32. The third kappa shape index (κ3) is 4.02. The molecule has 0 radical (unpaired) electrons. The number of aryl methyl sites for hydroxylation is 1. The molecule has 0 saturated carbocycles. The first kappa shape index (κ1) is 17.9. The molecule has 2 N–H and O–H groups in total. The Kier molecular flexibility index (Phi) is 5.21. The lowest BCUT2D eigenvalue weighted by atomic mass is 10.1. The van der Waals surface area contributed by atoms with Gasteiger partial charge in [0, 0.05) is 30.0 Å². The first-order valence-corrected chi connectivity index (χ1v) is 8.68. The van der Waals surface area contributed by atoms with E-state index in [0.29, 0.717) is 12.1 Å². The van der Waals surface area contributed by atoms with Gasteiger partial charge in [0.05, 0.1) is 0 Å². The van der Waals surface area contributed by atoms with E-state index in [2.05, 4.69) is 10.6 Å². The van der Waals surface area contributed by atoms with Gasteiger partial charge in [-0.3, -0.25) is 9.59 Å². The highest BCUT2D eigenvalue weighted by molar-refractivity contribution is 5.97. The third-order valence-electron chi connectivity index (χ3n) is 4.45. The molecule has 1 aliphatic rings. The second-order valence-electron chi connectivity index (χ2n) is 6.51. The summed E-state index contributed by atoms with van der Waals surface area (Å²) < 4.78 is 12.9. The normalized spacial score (nSPS) is 15.0. The van der Waals surface area contributed by atoms with E-state index in [-0.39, 0.29) is 17.6 Å². The molecule has 2 amide bonds. The van der Waals surface area contributed by atoms with E-state index in [1.54, 1.807) is 6.92 Å². The molecule has 0 bridgehead atoms. The molecule has 136 valence electrons. The molecule has 2 aromatic rings. The second-order valence-corrected chi connectivity index (χ2v) is 6.51. The lowest BCUT2D eigenvalue weighted by molar-refractivity contribution is -0.117. The molecule has 6 heteroatoms. The van der Waals surface area contributed by atoms with Gasteiger partial charge < -0.3 is 15.5 Å². The number of benzene rings is 2. The molecular formula is C20H22FN3O2. The van der Waals surface area contributed by atoms with Gasteiger partial charge in [-0.05, 0) is 68.3 Å². The molecule has 1 fully saturated rings. The van der Waals surface area contributed by atoms with Crippen LogP contribution < -0.4 is 15.5 Å². The summed E-state index contributed by atoms with van der Waals surface area (Å²) in [5.41, 5.74) is 3.25. The fourth-order valence-electron chi connectivity index (χ4n) is 3.05. The minimum absolute atomic E-state index is 0.154. The van der Waals surface area contributed by atoms with Gasteiger partial charge in [0.25, 0.3) is 0 Å². The van der Waals surface area contributed by atoms with Gasteiger partial charge in [-0.25, -0.2) is 4.39 Å². The Morgan fingerprint density at radius 1 is 1.15 bits per heavy atom. The largest absolute Gasteiger partial charge is 0.374 e. The first-order valence-electron chi connectivity index (χ1n) is 8.68. The summed E-state index contributed by atoms with van der Waals surface area (Å²) in [7, 11) is 0. The van der Waals surface area contributed by atoms with Gasteiger partial charge in [0.15, 0.2) is 0 Å². The number of hydrogen-bond acceptors (Lipinski definition) is 3. The molecule has 0 spiro atoms. The number of halogens is 1. The Balaban J connectivity index is 1.64. The number of nitrogens with one attached hydrogen (secondary N) is 2. The van der Waals surface area contributed by atoms with Crippen LogP contribution in [0.4, 0.5) is 21.5 Å². The number of amides is 2. The molecule has 0 aliphatic carbocycles. The first-order chi connectivity index (χ1) is 12.4. The van der Waals surface area contributed by atoms with E-state index in [1.807, 2.05) is 30.0 Å². The van der Waals surface area contributed by atoms with Gasteiger partial charge in [-0.1, -0.05) is 0 Å². The maximum Gasteiger partial charge on any atom is 0.246 e. The van der Waals surface area contributed by atoms with Crippen molar-refractivity contribution in [1.29, 1.82) is 0 Å². The number of carbonyl (C=O) groups is 2. The highest BCUT2D eigenvalue weighted by atomic mass is 19.1. The zero-order chi connectivity index (χ0) is 18.7. The Hall–Kier alpha value is -2.89. The van der Waals surface area contributed by atoms with Crippen molar-refractivity contribution in [3.63, 3.8) is 0 Å². The van der Waals surface area contributed by atoms with Crippen LogP contribution in [0, 0.1) is 12.7 Å². The molecule has 26 heavy (non-hydrogen) atoms. The number of anilines is 3. The fourth-order valence-corrected chi connectivity index (χ4v) is 3.05. The summed E-state index contributed by atoms with van der Waals surface area (Å²) in [6.07, 6.45) is 1.49. The molecule has 2 aromatic carbocycles. The Morgan fingerprint density at radius 3 is 2.46 bits per heavy atom. The van der Waals surface area contributed by atoms with Crippen molar-refractivity contribution in [2.75, 3.05) is 22.1 Å². The zero-order valence-electron chi connectivity index (χ0n) is 14.9. The van der Waals surface area contributed by atoms with Crippen molar-refractivity contribution >= 4 is 28.9 Å². The Labute approximate surface area is 152 Å². The van der Waals surface area contributed by atoms with E-state index in [0.717, 1.165) is 29.9 Å². The molecule has 0 unspecified atom stereocenters. The zero-order valence-corrected chi connectivity index (χ0v) is 14.9. The molecule has 1 aliphatic heterocycles. The van der Waals surface area contributed by atoms with Crippen LogP contribution in [0.2, 0.25) is 0 Å². The summed E-state index contributed by atoms with van der Waals surface area (Å²) in [5, 5.41) is 5.90. The van der Waals surface area contributed by atoms with Crippen LogP contribution in [-0.2, 0) is 9.59 Å². The predicted octanol–water partition coefficient (Wildman–Crippen LogP) is 3.70. The van der Waals surface area contributed by atoms with Crippen molar-refractivity contribution in [2.45, 2.75) is 32.7 Å². The minimum atomic E-state index is -0.473. The Morgan fingerprint density at radius 2 is 1.85 bits per heavy atom. The highest BCUT2D eigenvalue weighted by Gasteiger charge is 2.23. The number of rotatable bonds is 5. The summed E-state index contributed by atoms with van der Waals surface area (Å²) >= 11 is 0. The SMILES string of the molecule is Cc1cc(N[C@@H](C)C(=O)Nc2ccc(F)cc2)ccc1N1CCCC1=O. The van der Waals surface area contributed by atoms with Gasteiger partial charge in [0.2, 0.25) is 11.8 Å². The molecule has 3 rings (SSSR count). The standard InChI is InChI=1S/C20H22FN3O2/c1-13-12-17(9-10-18(13)24-11-3-4-19(24)25)22-14(2)20(26)23-16-7-5-15(21)6-8-16/h5-10,12,14,22H,3-4,11H2,1-2H3,(H,23,26)/t14-/m0/s1. The summed E-state index contributed by atoms with van der Waals surface area (Å²) in [5.74, 6) is -0.407. The monoisotopic (exact) mass is 355 g/mol. The maximum absolute atomic E-state index is 12.9. The average molecular weight is 355 g/mol. The molecule has 1 atom stereocenters. The predicted molar refractivity (Wildman–Crippen MR) is 101 cm³/mol. The summed E-state index contributed by atoms with van der Waals surface area (Å²) in [6.45, 7) is 4.46. The van der Waals surface area contributed by atoms with Crippen LogP contribution in [0.5, 0.6) is 0 Å². The smallest absolute Gasteiger partial charge is 0.246 e. The third-order valence-corrected chi connectivity index (χ3v) is 4.45. The quantitative estimate of drug-likeness (QED) is 0.860. The fraction of sp³-hybridized carbons (Fsp3) is 0.300. The lowest BCUT2D eigenvalue weighted by Gasteiger charge is -2.20. The topological polar surface area (TPSA) is 61.4 Å². The molecule has 5 nitrogen and oxygen atoms in total. The minimum Gasteiger partial charge on any atom is -0.374 e. The number of nitrogens with zero attached hydrogens (tertiary/aromatic N) is 1. The van der Waals surface area contributed by atoms with E-state index >= 15 is 0 Å². The van der Waals surface area contributed by atoms with Crippen LogP contribution in [-0.4, -0.2) is 24.4 Å². The van der Waals surface area contributed by atoms with E-state index in [4.69, 9.17) is 0 Å². The molecule has 1 saturated heterocycles. The molecular weight excluding hydrogens is 333 g/mol. The second kappa shape index (κ2) is 7.56. The summed E-state index contributed by atoms with van der Waals surface area (Å²) in [4.78, 5) is 26.0. The van der Waals surface area contributed by atoms with Gasteiger partial charge in [-0.15, -0.1) is 0 Å². The Bertz CT molecular complexity index is 820. The molecule has 1 heterocycles. The van der Waals surface area contributed by atoms with E-state index < -0.39 is 6.04 Å². The van der Waals surface area contributed by atoms with Crippen LogP contribution >= 0.6 is 0 Å². The average Bonchev–Trinajstić information content (AvgIpc) is 3.03. The molecule has 0 aromatic heterocycles. The van der Waals surface area contributed by atoms with Crippen molar-refractivity contribution in [1.82, 2.24) is 0 Å². The van der Waals surface area contributed by atoms with Crippen molar-refractivity contribution in [2.24, 2.45) is 0 Å². The van der Waals surface area contributed by atoms with Crippen LogP contribution in [0.15, 0.2) is 42.5 Å². The maximum atomic E-state index is 12.9. The van der Waals surface area contributed by atoms with Crippen LogP contribution in [0.25, 0.3) is 0 Å². The van der Waals surface area contributed by atoms with Crippen molar-refractivity contribution in [3.05, 3.63) is 53.8 Å². The summed E-state index contributed by atoms with van der Waals surface area (Å²) in [6, 6.07) is 10.9. The van der Waals surface area contributed by atoms with E-state index in [9.17, 15) is 14.0 Å². The van der Waals surface area contributed by atoms with Crippen LogP contribution in [0.1, 0.15) is 25.3 Å². The number of carbonyl (C=O) groups excluding carboxylic acids is 2. The highest BCUT2D eigenvalue weighted by Crippen LogP contribution is 2.27. The van der Waals surface area contributed by atoms with Crippen LogP contribution in [0.3, 0.4) is 0 Å². The van der Waals surface area contributed by atoms with Gasteiger partial charge >= 0.3 is 0 Å². The van der Waals surface area contributed by atoms with Crippen molar-refractivity contribution in [3.8, 4) is 0 Å². The van der Waals surface area contributed by atoms with E-state index in [1.165, 1.54) is 24.3 Å². The number of hydrogen-bond donors (Lipinski definition) is 2. The van der Waals surface area contributed by atoms with Crippen molar-refractivity contribution < 1.29 is 14.0 Å². The van der Waals surface area contributed by atoms with Gasteiger partial charge in [-0.2, -0.15) is 0 Å². The van der Waals surface area contributed by atoms with Gasteiger partial charge in [0.1, 0.15) is 11.9 Å².